The summed E-state index contributed by atoms with van der Waals surface area (Å²) in [5.41, 5.74) is 13.6. The number of aromatic nitrogens is 5. The largest absolute Gasteiger partial charge is 0.309 e. The van der Waals surface area contributed by atoms with Gasteiger partial charge in [0.15, 0.2) is 5.82 Å². The third-order valence-corrected chi connectivity index (χ3v) is 20.1. The van der Waals surface area contributed by atoms with Crippen molar-refractivity contribution in [1.82, 2.24) is 23.7 Å². The molecule has 384 valence electrons. The van der Waals surface area contributed by atoms with Crippen molar-refractivity contribution in [2.45, 2.75) is 20.8 Å². The smallest absolute Gasteiger partial charge is 0.155 e. The van der Waals surface area contributed by atoms with E-state index in [0.29, 0.717) is 0 Å². The molecule has 0 aliphatic heterocycles. The van der Waals surface area contributed by atoms with Crippen molar-refractivity contribution in [2.24, 2.45) is 0 Å². The Morgan fingerprint density at radius 1 is 0.296 bits per heavy atom. The molecular weight excluding hydrogens is 1040 g/mol. The number of para-hydroxylation sites is 6. The van der Waals surface area contributed by atoms with Crippen molar-refractivity contribution >= 4 is 160 Å². The van der Waals surface area contributed by atoms with Crippen LogP contribution in [0.2, 0.25) is 0 Å². The molecule has 0 amide bonds. The zero-order chi connectivity index (χ0) is 53.9. The van der Waals surface area contributed by atoms with Gasteiger partial charge in [0, 0.05) is 96.8 Å². The number of benzene rings is 10. The van der Waals surface area contributed by atoms with Crippen LogP contribution in [0.5, 0.6) is 0 Å². The second-order valence-electron chi connectivity index (χ2n) is 21.0. The van der Waals surface area contributed by atoms with Crippen LogP contribution in [-0.2, 0) is 0 Å². The summed E-state index contributed by atoms with van der Waals surface area (Å²) in [6.45, 7) is 6.45. The van der Waals surface area contributed by atoms with Gasteiger partial charge in [-0.25, -0.2) is 4.98 Å². The molecule has 0 aliphatic carbocycles. The summed E-state index contributed by atoms with van der Waals surface area (Å²) in [5.74, 6) is 1.02. The molecule has 0 aliphatic rings. The van der Waals surface area contributed by atoms with E-state index in [1.165, 1.54) is 148 Å². The molecule has 18 aromatic rings. The first kappa shape index (κ1) is 47.6. The number of hydrogen-bond donors (Lipinski definition) is 0. The number of thiophene rings is 3. The third kappa shape index (κ3) is 7.48. The summed E-state index contributed by atoms with van der Waals surface area (Å²) in [7, 11) is 0. The molecule has 10 aromatic carbocycles. The Kier molecular flexibility index (Phi) is 11.1. The molecule has 0 radical (unpaired) electrons. The van der Waals surface area contributed by atoms with Gasteiger partial charge in [-0.15, -0.1) is 34.0 Å². The molecule has 0 unspecified atom stereocenters. The predicted molar refractivity (Wildman–Crippen MR) is 351 cm³/mol. The van der Waals surface area contributed by atoms with Crippen molar-refractivity contribution in [2.75, 3.05) is 0 Å². The zero-order valence-corrected chi connectivity index (χ0v) is 47.0. The Hall–Kier alpha value is -9.44. The van der Waals surface area contributed by atoms with Gasteiger partial charge in [0.05, 0.1) is 58.6 Å². The molecule has 0 saturated heterocycles. The van der Waals surface area contributed by atoms with Crippen LogP contribution in [0, 0.1) is 20.8 Å². The van der Waals surface area contributed by atoms with Gasteiger partial charge in [-0.3, -0.25) is 9.55 Å². The Bertz CT molecular complexity index is 5370. The summed E-state index contributed by atoms with van der Waals surface area (Å²) in [4.78, 5) is 9.30. The summed E-state index contributed by atoms with van der Waals surface area (Å²) in [5, 5.41) is 15.6. The molecular formula is C73H49N5S3. The van der Waals surface area contributed by atoms with Crippen LogP contribution in [0.25, 0.3) is 143 Å². The minimum absolute atomic E-state index is 1.02. The standard InChI is InChI=1S/C25H17NS.2C24H16N2S/c1-16-8-6-11-19-20-12-7-15-23(25(20)27-24(16)19)26-21-13-4-2-9-17(21)18-10-3-5-14-22(18)26;1-15-24-19(12-13-25-15)20-14-16(10-11-23(20)27-24)26-21-8-4-2-6-17(21)18-7-3-5-9-22(18)26;1-15-10-11-22-19(14-15)18-12-13-25-24(23(18)27-22)26-20-8-4-2-6-16(20)17-7-3-5-9-21(17)26/h2-15H,1H3;2*2-14H,1H3. The minimum atomic E-state index is 1.02. The van der Waals surface area contributed by atoms with Gasteiger partial charge < -0.3 is 9.13 Å². The molecule has 18 rings (SSSR count). The molecule has 8 heterocycles. The highest BCUT2D eigenvalue weighted by Crippen LogP contribution is 2.44. The van der Waals surface area contributed by atoms with Crippen LogP contribution >= 0.6 is 34.0 Å². The number of aryl methyl sites for hydroxylation is 3. The van der Waals surface area contributed by atoms with Crippen molar-refractivity contribution in [3.05, 3.63) is 260 Å². The fourth-order valence-electron chi connectivity index (χ4n) is 12.6. The van der Waals surface area contributed by atoms with Gasteiger partial charge >= 0.3 is 0 Å². The fourth-order valence-corrected chi connectivity index (χ4v) is 16.1. The van der Waals surface area contributed by atoms with Crippen LogP contribution in [0.3, 0.4) is 0 Å². The molecule has 0 fully saturated rings. The molecule has 5 nitrogen and oxygen atoms in total. The maximum atomic E-state index is 4.84. The van der Waals surface area contributed by atoms with Crippen LogP contribution < -0.4 is 0 Å². The highest BCUT2D eigenvalue weighted by molar-refractivity contribution is 7.27. The van der Waals surface area contributed by atoms with Gasteiger partial charge in [0.2, 0.25) is 0 Å². The Morgan fingerprint density at radius 3 is 1.31 bits per heavy atom. The van der Waals surface area contributed by atoms with E-state index in [2.05, 4.69) is 270 Å². The van der Waals surface area contributed by atoms with Gasteiger partial charge in [-0.05, 0) is 111 Å². The fraction of sp³-hybridized carbons (Fsp3) is 0.0411. The second kappa shape index (κ2) is 18.9. The van der Waals surface area contributed by atoms with Crippen molar-refractivity contribution in [1.29, 1.82) is 0 Å². The third-order valence-electron chi connectivity index (χ3n) is 16.2. The maximum absolute atomic E-state index is 4.84. The molecule has 8 heteroatoms. The summed E-state index contributed by atoms with van der Waals surface area (Å²) >= 11 is 5.57. The topological polar surface area (TPSA) is 40.6 Å². The monoisotopic (exact) mass is 1090 g/mol. The quantitative estimate of drug-likeness (QED) is 0.177. The predicted octanol–water partition coefficient (Wildman–Crippen LogP) is 21.2. The highest BCUT2D eigenvalue weighted by Gasteiger charge is 2.20. The first-order valence-electron chi connectivity index (χ1n) is 27.4. The van der Waals surface area contributed by atoms with Crippen LogP contribution in [0.15, 0.2) is 243 Å². The zero-order valence-electron chi connectivity index (χ0n) is 44.6. The van der Waals surface area contributed by atoms with E-state index in [1.807, 2.05) is 46.4 Å². The molecule has 81 heavy (non-hydrogen) atoms. The van der Waals surface area contributed by atoms with Crippen molar-refractivity contribution in [3.8, 4) is 17.2 Å². The molecule has 0 saturated carbocycles. The lowest BCUT2D eigenvalue weighted by Gasteiger charge is -2.09. The Labute approximate surface area is 478 Å². The second-order valence-corrected chi connectivity index (χ2v) is 24.1. The number of fused-ring (bicyclic) bond motifs is 18. The SMILES string of the molecule is Cc1ccc2sc3c(-n4c5ccccc5c5ccccc54)nccc3c2c1.Cc1cccc2c1sc1c(-n3c4ccccc4c4ccccc43)cccc12.Cc1nccc2c1sc1ccc(-n3c4ccccc4c4ccccc43)cc12. The van der Waals surface area contributed by atoms with Crippen molar-refractivity contribution < 1.29 is 0 Å². The Morgan fingerprint density at radius 2 is 0.728 bits per heavy atom. The van der Waals surface area contributed by atoms with Crippen LogP contribution in [0.4, 0.5) is 0 Å². The lowest BCUT2D eigenvalue weighted by Crippen LogP contribution is -1.96. The molecule has 0 spiro atoms. The van der Waals surface area contributed by atoms with E-state index < -0.39 is 0 Å². The van der Waals surface area contributed by atoms with E-state index in [9.17, 15) is 0 Å². The van der Waals surface area contributed by atoms with E-state index in [0.717, 1.165) is 11.5 Å². The van der Waals surface area contributed by atoms with Gasteiger partial charge in [-0.1, -0.05) is 151 Å². The van der Waals surface area contributed by atoms with Gasteiger partial charge in [0.1, 0.15) is 0 Å². The lowest BCUT2D eigenvalue weighted by atomic mass is 10.1. The van der Waals surface area contributed by atoms with Crippen LogP contribution in [-0.4, -0.2) is 23.7 Å². The summed E-state index contributed by atoms with van der Waals surface area (Å²) < 4.78 is 15.0. The van der Waals surface area contributed by atoms with Crippen LogP contribution in [0.1, 0.15) is 16.8 Å². The first-order chi connectivity index (χ1) is 39.9. The first-order valence-corrected chi connectivity index (χ1v) is 29.8. The molecule has 0 N–H and O–H groups in total. The average molecular weight is 1090 g/mol. The van der Waals surface area contributed by atoms with Gasteiger partial charge in [-0.2, -0.15) is 0 Å². The summed E-state index contributed by atoms with van der Waals surface area (Å²) in [6, 6.07) is 83.0. The number of hydrogen-bond acceptors (Lipinski definition) is 5. The minimum Gasteiger partial charge on any atom is -0.309 e. The Balaban J connectivity index is 0.000000100. The average Bonchev–Trinajstić information content (AvgIpc) is 4.57. The van der Waals surface area contributed by atoms with Gasteiger partial charge in [0.25, 0.3) is 0 Å². The molecule has 0 bridgehead atoms. The number of pyridine rings is 2. The normalized spacial score (nSPS) is 11.9. The number of rotatable bonds is 3. The number of nitrogens with zero attached hydrogens (tertiary/aromatic N) is 5. The molecule has 8 aromatic heterocycles. The maximum Gasteiger partial charge on any atom is 0.155 e. The van der Waals surface area contributed by atoms with E-state index in [-0.39, 0.29) is 0 Å². The lowest BCUT2D eigenvalue weighted by molar-refractivity contribution is 1.11. The highest BCUT2D eigenvalue weighted by atomic mass is 32.1. The molecule has 0 atom stereocenters. The van der Waals surface area contributed by atoms with E-state index in [1.54, 1.807) is 0 Å². The van der Waals surface area contributed by atoms with E-state index in [4.69, 9.17) is 4.98 Å². The summed E-state index contributed by atoms with van der Waals surface area (Å²) in [6.07, 6.45) is 3.85. The van der Waals surface area contributed by atoms with E-state index >= 15 is 0 Å². The van der Waals surface area contributed by atoms with Crippen molar-refractivity contribution in [3.63, 3.8) is 0 Å².